The Bertz CT molecular complexity index is 990. The quantitative estimate of drug-likeness (QED) is 0.0878. The molecule has 0 N–H and O–H groups in total. The first kappa shape index (κ1) is 28.8. The molecule has 2 rings (SSSR count). The van der Waals surface area contributed by atoms with Crippen molar-refractivity contribution in [2.75, 3.05) is 13.7 Å². The normalized spacial score (nSPS) is 10.6. The lowest BCUT2D eigenvalue weighted by Gasteiger charge is -2.14. The number of hydrogen-bond donors (Lipinski definition) is 0. The van der Waals surface area contributed by atoms with Crippen LogP contribution in [0.3, 0.4) is 0 Å². The van der Waals surface area contributed by atoms with E-state index in [-0.39, 0.29) is 29.2 Å². The van der Waals surface area contributed by atoms with E-state index in [9.17, 15) is 19.7 Å². The van der Waals surface area contributed by atoms with Gasteiger partial charge in [0, 0.05) is 5.56 Å². The molecule has 0 atom stereocenters. The van der Waals surface area contributed by atoms with Crippen LogP contribution in [-0.2, 0) is 6.61 Å². The number of unbranched alkanes of at least 4 members (excludes halogenated alkanes) is 9. The number of carbonyl (C=O) groups excluding carboxylic acids is 2. The van der Waals surface area contributed by atoms with E-state index in [4.69, 9.17) is 14.2 Å². The average molecular weight is 500 g/mol. The van der Waals surface area contributed by atoms with Crippen LogP contribution in [-0.4, -0.2) is 31.2 Å². The van der Waals surface area contributed by atoms with Gasteiger partial charge in [-0.25, -0.2) is 0 Å². The van der Waals surface area contributed by atoms with E-state index in [1.807, 2.05) is 0 Å². The number of nitro benzene ring substituents is 1. The summed E-state index contributed by atoms with van der Waals surface area (Å²) in [6.45, 7) is 2.51. The third kappa shape index (κ3) is 9.32. The third-order valence-electron chi connectivity index (χ3n) is 6.00. The van der Waals surface area contributed by atoms with E-state index in [0.29, 0.717) is 36.2 Å². The molecule has 0 aromatic heterocycles. The summed E-state index contributed by atoms with van der Waals surface area (Å²) < 4.78 is 16.9. The summed E-state index contributed by atoms with van der Waals surface area (Å²) in [5, 5.41) is 11.7. The van der Waals surface area contributed by atoms with Gasteiger partial charge >= 0.3 is 0 Å². The van der Waals surface area contributed by atoms with E-state index in [2.05, 4.69) is 6.92 Å². The van der Waals surface area contributed by atoms with Crippen molar-refractivity contribution >= 4 is 18.3 Å². The minimum absolute atomic E-state index is 0.160. The molecule has 8 nitrogen and oxygen atoms in total. The summed E-state index contributed by atoms with van der Waals surface area (Å²) in [7, 11) is 1.47. The van der Waals surface area contributed by atoms with Gasteiger partial charge in [0.25, 0.3) is 5.69 Å². The van der Waals surface area contributed by atoms with Gasteiger partial charge in [0.15, 0.2) is 17.8 Å². The molecule has 2 aromatic rings. The van der Waals surface area contributed by atoms with E-state index in [0.717, 1.165) is 19.3 Å². The highest BCUT2D eigenvalue weighted by atomic mass is 16.6. The Kier molecular flexibility index (Phi) is 13.0. The maximum atomic E-state index is 11.7. The summed E-state index contributed by atoms with van der Waals surface area (Å²) in [5.41, 5.74) is 0.636. The van der Waals surface area contributed by atoms with Gasteiger partial charge < -0.3 is 14.2 Å². The summed E-state index contributed by atoms with van der Waals surface area (Å²) in [5.74, 6) is 0.913. The Morgan fingerprint density at radius 2 is 1.47 bits per heavy atom. The van der Waals surface area contributed by atoms with Crippen LogP contribution in [0.5, 0.6) is 17.2 Å². The Hall–Kier alpha value is -3.42. The lowest BCUT2D eigenvalue weighted by Crippen LogP contribution is -2.05. The first-order chi connectivity index (χ1) is 17.5. The second-order valence-electron chi connectivity index (χ2n) is 8.74. The fourth-order valence-electron chi connectivity index (χ4n) is 3.94. The van der Waals surface area contributed by atoms with E-state index < -0.39 is 4.92 Å². The van der Waals surface area contributed by atoms with Crippen molar-refractivity contribution in [3.63, 3.8) is 0 Å². The van der Waals surface area contributed by atoms with Gasteiger partial charge in [-0.3, -0.25) is 19.7 Å². The second kappa shape index (κ2) is 16.3. The number of hydrogen-bond acceptors (Lipinski definition) is 7. The van der Waals surface area contributed by atoms with Crippen molar-refractivity contribution in [1.82, 2.24) is 0 Å². The zero-order valence-corrected chi connectivity index (χ0v) is 21.3. The van der Waals surface area contributed by atoms with Crippen LogP contribution in [0.2, 0.25) is 0 Å². The van der Waals surface area contributed by atoms with Crippen LogP contribution in [0.15, 0.2) is 30.3 Å². The molecule has 8 heteroatoms. The van der Waals surface area contributed by atoms with Gasteiger partial charge in [-0.2, -0.15) is 0 Å². The number of methoxy groups -OCH3 is 1. The van der Waals surface area contributed by atoms with Gasteiger partial charge in [-0.1, -0.05) is 64.7 Å². The van der Waals surface area contributed by atoms with Crippen molar-refractivity contribution in [2.24, 2.45) is 0 Å². The monoisotopic (exact) mass is 499 g/mol. The van der Waals surface area contributed by atoms with Gasteiger partial charge in [-0.15, -0.1) is 0 Å². The SMILES string of the molecule is CCCCCCCCCCCCOc1cc([N+](=O)[O-])c(COc2ccc(C=O)cc2C=O)cc1OC. The van der Waals surface area contributed by atoms with Gasteiger partial charge in [0.1, 0.15) is 18.6 Å². The fraction of sp³-hybridized carbons (Fsp3) is 0.500. The lowest BCUT2D eigenvalue weighted by molar-refractivity contribution is -0.385. The highest BCUT2D eigenvalue weighted by molar-refractivity contribution is 5.84. The maximum absolute atomic E-state index is 11.7. The van der Waals surface area contributed by atoms with E-state index in [1.54, 1.807) is 0 Å². The molecular weight excluding hydrogens is 462 g/mol. The number of ether oxygens (including phenoxy) is 3. The lowest BCUT2D eigenvalue weighted by atomic mass is 10.1. The van der Waals surface area contributed by atoms with E-state index >= 15 is 0 Å². The molecule has 0 bridgehead atoms. The number of nitrogens with zero attached hydrogens (tertiary/aromatic N) is 1. The molecule has 36 heavy (non-hydrogen) atoms. The zero-order valence-electron chi connectivity index (χ0n) is 21.3. The van der Waals surface area contributed by atoms with Crippen LogP contribution >= 0.6 is 0 Å². The Morgan fingerprint density at radius 1 is 0.806 bits per heavy atom. The van der Waals surface area contributed by atoms with Crippen LogP contribution in [0.25, 0.3) is 0 Å². The number of carbonyl (C=O) groups is 2. The summed E-state index contributed by atoms with van der Waals surface area (Å²) >= 11 is 0. The molecule has 0 saturated heterocycles. The van der Waals surface area contributed by atoms with Gasteiger partial charge in [0.05, 0.1) is 35.8 Å². The summed E-state index contributed by atoms with van der Waals surface area (Å²) in [4.78, 5) is 33.5. The number of benzene rings is 2. The van der Waals surface area contributed by atoms with Crippen molar-refractivity contribution in [2.45, 2.75) is 77.7 Å². The number of aldehydes is 2. The highest BCUT2D eigenvalue weighted by Crippen LogP contribution is 2.35. The second-order valence-corrected chi connectivity index (χ2v) is 8.74. The standard InChI is InChI=1S/C28H37NO7/c1-3-4-5-6-7-8-9-10-11-12-15-35-28-18-25(29(32)33)24(17-27(28)34-2)21-36-26-14-13-22(19-30)16-23(26)20-31/h13-14,16-20H,3-12,15,21H2,1-2H3. The minimum atomic E-state index is -0.498. The Labute approximate surface area is 213 Å². The highest BCUT2D eigenvalue weighted by Gasteiger charge is 2.21. The Morgan fingerprint density at radius 3 is 2.06 bits per heavy atom. The third-order valence-corrected chi connectivity index (χ3v) is 6.00. The van der Waals surface area contributed by atoms with Crippen LogP contribution in [0.1, 0.15) is 97.4 Å². The molecule has 2 aromatic carbocycles. The first-order valence-electron chi connectivity index (χ1n) is 12.7. The average Bonchev–Trinajstić information content (AvgIpc) is 2.90. The molecule has 0 radical (unpaired) electrons. The van der Waals surface area contributed by atoms with Gasteiger partial charge in [-0.05, 0) is 30.7 Å². The molecule has 0 aliphatic carbocycles. The molecular formula is C28H37NO7. The zero-order chi connectivity index (χ0) is 26.2. The van der Waals surface area contributed by atoms with Crippen molar-refractivity contribution in [3.8, 4) is 17.2 Å². The summed E-state index contributed by atoms with van der Waals surface area (Å²) in [6.07, 6.45) is 13.3. The molecule has 0 aliphatic rings. The molecule has 196 valence electrons. The van der Waals surface area contributed by atoms with Gasteiger partial charge in [0.2, 0.25) is 0 Å². The predicted octanol–water partition coefficient (Wildman–Crippen LogP) is 7.11. The molecule has 0 heterocycles. The maximum Gasteiger partial charge on any atom is 0.280 e. The van der Waals surface area contributed by atoms with Crippen molar-refractivity contribution in [3.05, 3.63) is 57.1 Å². The minimum Gasteiger partial charge on any atom is -0.493 e. The van der Waals surface area contributed by atoms with Crippen LogP contribution < -0.4 is 14.2 Å². The van der Waals surface area contributed by atoms with Crippen molar-refractivity contribution in [1.29, 1.82) is 0 Å². The van der Waals surface area contributed by atoms with Crippen LogP contribution in [0, 0.1) is 10.1 Å². The predicted molar refractivity (Wildman–Crippen MR) is 139 cm³/mol. The molecule has 0 aliphatic heterocycles. The number of rotatable bonds is 19. The first-order valence-corrected chi connectivity index (χ1v) is 12.7. The Balaban J connectivity index is 1.92. The van der Waals surface area contributed by atoms with E-state index in [1.165, 1.54) is 82.4 Å². The fourth-order valence-corrected chi connectivity index (χ4v) is 3.94. The topological polar surface area (TPSA) is 105 Å². The molecule has 0 fully saturated rings. The number of nitro groups is 1. The molecule has 0 spiro atoms. The summed E-state index contributed by atoms with van der Waals surface area (Å²) in [6, 6.07) is 7.26. The van der Waals surface area contributed by atoms with Crippen LogP contribution in [0.4, 0.5) is 5.69 Å². The molecule has 0 unspecified atom stereocenters. The largest absolute Gasteiger partial charge is 0.493 e. The molecule has 0 amide bonds. The molecule has 0 saturated carbocycles. The smallest absolute Gasteiger partial charge is 0.280 e. The van der Waals surface area contributed by atoms with Crippen molar-refractivity contribution < 1.29 is 28.7 Å².